The van der Waals surface area contributed by atoms with Crippen molar-refractivity contribution in [1.29, 1.82) is 0 Å². The van der Waals surface area contributed by atoms with Crippen molar-refractivity contribution in [1.82, 2.24) is 9.29 Å². The zero-order valence-electron chi connectivity index (χ0n) is 10.9. The van der Waals surface area contributed by atoms with Crippen LogP contribution in [0.3, 0.4) is 0 Å². The van der Waals surface area contributed by atoms with Crippen molar-refractivity contribution < 1.29 is 13.2 Å². The number of ether oxygens (including phenoxy) is 1. The van der Waals surface area contributed by atoms with Crippen LogP contribution in [-0.2, 0) is 14.8 Å². The van der Waals surface area contributed by atoms with Crippen molar-refractivity contribution in [3.8, 4) is 0 Å². The van der Waals surface area contributed by atoms with Gasteiger partial charge in [-0.1, -0.05) is 0 Å². The van der Waals surface area contributed by atoms with Crippen LogP contribution < -0.4 is 5.73 Å². The normalized spacial score (nSPS) is 20.6. The predicted molar refractivity (Wildman–Crippen MR) is 72.1 cm³/mol. The number of nitrogens with two attached hydrogens (primary N) is 1. The highest BCUT2D eigenvalue weighted by Crippen LogP contribution is 2.18. The summed E-state index contributed by atoms with van der Waals surface area (Å²) in [4.78, 5) is 3.97. The van der Waals surface area contributed by atoms with E-state index in [0.717, 1.165) is 19.3 Å². The highest BCUT2D eigenvalue weighted by Gasteiger charge is 2.25. The van der Waals surface area contributed by atoms with Crippen molar-refractivity contribution in [2.75, 3.05) is 25.9 Å². The Bertz CT molecular complexity index is 510. The summed E-state index contributed by atoms with van der Waals surface area (Å²) in [5.74, 6) is 0.303. The topological polar surface area (TPSA) is 85.5 Å². The number of hydrogen-bond donors (Lipinski definition) is 1. The Hall–Kier alpha value is -1.18. The number of likely N-dealkylation sites (N-methyl/N-ethyl adjacent to an activating group) is 1. The molecule has 0 amide bonds. The Labute approximate surface area is 113 Å². The van der Waals surface area contributed by atoms with Crippen LogP contribution in [0.5, 0.6) is 0 Å². The first kappa shape index (κ1) is 14.2. The number of rotatable bonds is 4. The van der Waals surface area contributed by atoms with Crippen LogP contribution >= 0.6 is 0 Å². The average Bonchev–Trinajstić information content (AvgIpc) is 2.40. The first-order chi connectivity index (χ1) is 9.00. The fraction of sp³-hybridized carbons (Fsp3) is 0.583. The molecule has 2 rings (SSSR count). The zero-order chi connectivity index (χ0) is 13.9. The molecule has 1 aliphatic rings. The molecule has 1 unspecified atom stereocenters. The van der Waals surface area contributed by atoms with Gasteiger partial charge in [-0.2, -0.15) is 4.31 Å². The van der Waals surface area contributed by atoms with Crippen LogP contribution in [-0.4, -0.2) is 44.0 Å². The lowest BCUT2D eigenvalue weighted by molar-refractivity contribution is 0.00858. The molecule has 1 aromatic heterocycles. The molecule has 0 radical (unpaired) electrons. The minimum absolute atomic E-state index is 0.0183. The number of nitrogens with zero attached hydrogens (tertiary/aromatic N) is 2. The molecule has 1 fully saturated rings. The SMILES string of the molecule is CN(CC1CCCCO1)S(=O)(=O)c1ccc(N)nc1. The third-order valence-electron chi connectivity index (χ3n) is 3.20. The minimum atomic E-state index is -3.52. The molecule has 0 aliphatic carbocycles. The lowest BCUT2D eigenvalue weighted by atomic mass is 10.1. The number of sulfonamides is 1. The van der Waals surface area contributed by atoms with Gasteiger partial charge in [0.15, 0.2) is 0 Å². The Morgan fingerprint density at radius 3 is 2.84 bits per heavy atom. The number of hydrogen-bond acceptors (Lipinski definition) is 5. The quantitative estimate of drug-likeness (QED) is 0.886. The van der Waals surface area contributed by atoms with Crippen molar-refractivity contribution in [2.45, 2.75) is 30.3 Å². The summed E-state index contributed by atoms with van der Waals surface area (Å²) in [6, 6.07) is 2.95. The van der Waals surface area contributed by atoms with Crippen LogP contribution in [0.25, 0.3) is 0 Å². The Balaban J connectivity index is 2.07. The van der Waals surface area contributed by atoms with Crippen molar-refractivity contribution in [3.05, 3.63) is 18.3 Å². The van der Waals surface area contributed by atoms with E-state index < -0.39 is 10.0 Å². The van der Waals surface area contributed by atoms with Gasteiger partial charge in [0.1, 0.15) is 10.7 Å². The van der Waals surface area contributed by atoms with Crippen LogP contribution in [0.15, 0.2) is 23.2 Å². The molecule has 1 aliphatic heterocycles. The van der Waals surface area contributed by atoms with E-state index in [1.165, 1.54) is 22.6 Å². The summed E-state index contributed by atoms with van der Waals surface area (Å²) in [5.41, 5.74) is 5.46. The zero-order valence-corrected chi connectivity index (χ0v) is 11.8. The van der Waals surface area contributed by atoms with Gasteiger partial charge in [-0.25, -0.2) is 13.4 Å². The molecule has 7 heteroatoms. The van der Waals surface area contributed by atoms with Crippen molar-refractivity contribution in [2.24, 2.45) is 0 Å². The number of anilines is 1. The number of aromatic nitrogens is 1. The molecule has 2 heterocycles. The Kier molecular flexibility index (Phi) is 4.38. The van der Waals surface area contributed by atoms with Crippen LogP contribution in [0.1, 0.15) is 19.3 Å². The van der Waals surface area contributed by atoms with Gasteiger partial charge in [0, 0.05) is 26.4 Å². The molecule has 1 aromatic rings. The molecule has 6 nitrogen and oxygen atoms in total. The molecule has 106 valence electrons. The second-order valence-corrected chi connectivity index (χ2v) is 6.74. The first-order valence-electron chi connectivity index (χ1n) is 6.29. The van der Waals surface area contributed by atoms with E-state index in [1.807, 2.05) is 0 Å². The summed E-state index contributed by atoms with van der Waals surface area (Å²) >= 11 is 0. The maximum absolute atomic E-state index is 12.3. The van der Waals surface area contributed by atoms with E-state index in [4.69, 9.17) is 10.5 Å². The van der Waals surface area contributed by atoms with Gasteiger partial charge in [0.25, 0.3) is 0 Å². The molecule has 1 saturated heterocycles. The number of nitrogen functional groups attached to an aromatic ring is 1. The molecule has 0 bridgehead atoms. The molecular weight excluding hydrogens is 266 g/mol. The summed E-state index contributed by atoms with van der Waals surface area (Å²) in [6.07, 6.45) is 4.30. The molecule has 0 spiro atoms. The molecule has 19 heavy (non-hydrogen) atoms. The highest BCUT2D eigenvalue weighted by atomic mass is 32.2. The summed E-state index contributed by atoms with van der Waals surface area (Å²) in [7, 11) is -1.96. The largest absolute Gasteiger partial charge is 0.384 e. The number of pyridine rings is 1. The van der Waals surface area contributed by atoms with E-state index in [2.05, 4.69) is 4.98 Å². The van der Waals surface area contributed by atoms with Crippen molar-refractivity contribution in [3.63, 3.8) is 0 Å². The minimum Gasteiger partial charge on any atom is -0.384 e. The smallest absolute Gasteiger partial charge is 0.244 e. The van der Waals surface area contributed by atoms with E-state index >= 15 is 0 Å². The molecule has 0 aromatic carbocycles. The van der Waals surface area contributed by atoms with Crippen molar-refractivity contribution >= 4 is 15.8 Å². The second-order valence-electron chi connectivity index (χ2n) is 4.69. The van der Waals surface area contributed by atoms with Gasteiger partial charge in [-0.15, -0.1) is 0 Å². The van der Waals surface area contributed by atoms with E-state index in [1.54, 1.807) is 7.05 Å². The first-order valence-corrected chi connectivity index (χ1v) is 7.73. The lowest BCUT2D eigenvalue weighted by Gasteiger charge is -2.26. The average molecular weight is 285 g/mol. The van der Waals surface area contributed by atoms with Gasteiger partial charge in [-0.3, -0.25) is 0 Å². The predicted octanol–water partition coefficient (Wildman–Crippen LogP) is 0.853. The Morgan fingerprint density at radius 2 is 2.26 bits per heavy atom. The molecule has 2 N–H and O–H groups in total. The maximum Gasteiger partial charge on any atom is 0.244 e. The third kappa shape index (κ3) is 3.43. The lowest BCUT2D eigenvalue weighted by Crippen LogP contribution is -2.37. The highest BCUT2D eigenvalue weighted by molar-refractivity contribution is 7.89. The summed E-state index contributed by atoms with van der Waals surface area (Å²) in [5, 5.41) is 0. The van der Waals surface area contributed by atoms with E-state index in [0.29, 0.717) is 19.0 Å². The second kappa shape index (κ2) is 5.85. The van der Waals surface area contributed by atoms with Gasteiger partial charge in [0.05, 0.1) is 6.10 Å². The molecule has 1 atom stereocenters. The standard InChI is InChI=1S/C12H19N3O3S/c1-15(9-10-4-2-3-7-18-10)19(16,17)11-5-6-12(13)14-8-11/h5-6,8,10H,2-4,7,9H2,1H3,(H2,13,14). The van der Waals surface area contributed by atoms with Gasteiger partial charge >= 0.3 is 0 Å². The van der Waals surface area contributed by atoms with Gasteiger partial charge in [-0.05, 0) is 31.4 Å². The van der Waals surface area contributed by atoms with E-state index in [9.17, 15) is 8.42 Å². The third-order valence-corrected chi connectivity index (χ3v) is 5.01. The van der Waals surface area contributed by atoms with E-state index in [-0.39, 0.29) is 11.0 Å². The van der Waals surface area contributed by atoms with Gasteiger partial charge < -0.3 is 10.5 Å². The van der Waals surface area contributed by atoms with Crippen LogP contribution in [0, 0.1) is 0 Å². The Morgan fingerprint density at radius 1 is 1.47 bits per heavy atom. The van der Waals surface area contributed by atoms with Crippen LogP contribution in [0.2, 0.25) is 0 Å². The van der Waals surface area contributed by atoms with Gasteiger partial charge in [0.2, 0.25) is 10.0 Å². The summed E-state index contributed by atoms with van der Waals surface area (Å²) in [6.45, 7) is 1.08. The molecule has 0 saturated carbocycles. The fourth-order valence-electron chi connectivity index (χ4n) is 2.06. The molecular formula is C12H19N3O3S. The summed E-state index contributed by atoms with van der Waals surface area (Å²) < 4.78 is 31.5. The fourth-order valence-corrected chi connectivity index (χ4v) is 3.21. The maximum atomic E-state index is 12.3. The monoisotopic (exact) mass is 285 g/mol. The van der Waals surface area contributed by atoms with Crippen LogP contribution in [0.4, 0.5) is 5.82 Å².